The molecular weight excluding hydrogens is 592 g/mol. The summed E-state index contributed by atoms with van der Waals surface area (Å²) in [6.45, 7) is 1.15. The van der Waals surface area contributed by atoms with E-state index in [2.05, 4.69) is 5.32 Å². The molecule has 1 atom stereocenters. The molecule has 0 aliphatic rings. The van der Waals surface area contributed by atoms with Gasteiger partial charge in [0.1, 0.15) is 12.6 Å². The Labute approximate surface area is 242 Å². The van der Waals surface area contributed by atoms with Gasteiger partial charge in [-0.2, -0.15) is 0 Å². The predicted molar refractivity (Wildman–Crippen MR) is 153 cm³/mol. The fourth-order valence-corrected chi connectivity index (χ4v) is 5.85. The number of hydrogen-bond acceptors (Lipinski definition) is 4. The van der Waals surface area contributed by atoms with Crippen LogP contribution >= 0.6 is 46.4 Å². The first kappa shape index (κ1) is 30.1. The molecule has 0 radical (unpaired) electrons. The van der Waals surface area contributed by atoms with Crippen molar-refractivity contribution < 1.29 is 18.0 Å². The summed E-state index contributed by atoms with van der Waals surface area (Å²) >= 11 is 24.3. The van der Waals surface area contributed by atoms with Crippen LogP contribution in [0.3, 0.4) is 0 Å². The van der Waals surface area contributed by atoms with Gasteiger partial charge in [0.2, 0.25) is 11.8 Å². The van der Waals surface area contributed by atoms with E-state index in [9.17, 15) is 18.0 Å². The Hall–Kier alpha value is -2.49. The molecule has 12 heteroatoms. The molecule has 3 aromatic rings. The van der Waals surface area contributed by atoms with Gasteiger partial charge in [-0.15, -0.1) is 0 Å². The van der Waals surface area contributed by atoms with E-state index in [1.165, 1.54) is 48.3 Å². The number of nitrogens with zero attached hydrogens (tertiary/aromatic N) is 2. The zero-order chi connectivity index (χ0) is 28.0. The van der Waals surface area contributed by atoms with Gasteiger partial charge in [0.25, 0.3) is 10.0 Å². The molecule has 1 N–H and O–H groups in total. The molecule has 38 heavy (non-hydrogen) atoms. The van der Waals surface area contributed by atoms with Crippen LogP contribution < -0.4 is 9.62 Å². The summed E-state index contributed by atoms with van der Waals surface area (Å²) in [6.07, 6.45) is 0.286. The van der Waals surface area contributed by atoms with Gasteiger partial charge in [0.05, 0.1) is 20.6 Å². The van der Waals surface area contributed by atoms with Gasteiger partial charge in [-0.1, -0.05) is 65.5 Å². The van der Waals surface area contributed by atoms with E-state index in [0.29, 0.717) is 15.6 Å². The van der Waals surface area contributed by atoms with Crippen LogP contribution in [-0.4, -0.2) is 44.8 Å². The second-order valence-corrected chi connectivity index (χ2v) is 11.8. The molecule has 7 nitrogen and oxygen atoms in total. The number of amides is 2. The highest BCUT2D eigenvalue weighted by Crippen LogP contribution is 2.28. The van der Waals surface area contributed by atoms with Crippen LogP contribution in [0.2, 0.25) is 20.1 Å². The highest BCUT2D eigenvalue weighted by Gasteiger charge is 2.33. The Morgan fingerprint density at radius 3 is 2.16 bits per heavy atom. The summed E-state index contributed by atoms with van der Waals surface area (Å²) in [5.74, 6) is -1.00. The molecule has 0 heterocycles. The van der Waals surface area contributed by atoms with Crippen molar-refractivity contribution in [3.8, 4) is 0 Å². The largest absolute Gasteiger partial charge is 0.357 e. The van der Waals surface area contributed by atoms with Gasteiger partial charge in [0.15, 0.2) is 0 Å². The second kappa shape index (κ2) is 13.0. The maximum absolute atomic E-state index is 13.8. The van der Waals surface area contributed by atoms with Crippen molar-refractivity contribution in [2.45, 2.75) is 30.8 Å². The van der Waals surface area contributed by atoms with Gasteiger partial charge in [-0.25, -0.2) is 8.42 Å². The monoisotopic (exact) mass is 615 g/mol. The van der Waals surface area contributed by atoms with Crippen LogP contribution in [0.5, 0.6) is 0 Å². The van der Waals surface area contributed by atoms with Crippen molar-refractivity contribution in [1.82, 2.24) is 10.2 Å². The molecule has 0 saturated heterocycles. The minimum Gasteiger partial charge on any atom is -0.357 e. The molecule has 0 saturated carbocycles. The Kier molecular flexibility index (Phi) is 10.3. The predicted octanol–water partition coefficient (Wildman–Crippen LogP) is 6.05. The minimum atomic E-state index is -4.23. The molecule has 3 rings (SSSR count). The van der Waals surface area contributed by atoms with Crippen LogP contribution in [0.15, 0.2) is 71.6 Å². The van der Waals surface area contributed by atoms with Crippen molar-refractivity contribution in [3.05, 3.63) is 92.4 Å². The number of hydrogen-bond donors (Lipinski definition) is 1. The van der Waals surface area contributed by atoms with Gasteiger partial charge in [-0.3, -0.25) is 13.9 Å². The summed E-state index contributed by atoms with van der Waals surface area (Å²) in [7, 11) is -2.76. The molecule has 0 aromatic heterocycles. The van der Waals surface area contributed by atoms with Crippen molar-refractivity contribution >= 4 is 73.9 Å². The normalized spacial score (nSPS) is 12.1. The van der Waals surface area contributed by atoms with Gasteiger partial charge in [0, 0.05) is 23.6 Å². The lowest BCUT2D eigenvalue weighted by Crippen LogP contribution is -2.51. The number of halogens is 4. The molecule has 0 aliphatic heterocycles. The average molecular weight is 617 g/mol. The van der Waals surface area contributed by atoms with Crippen LogP contribution in [0.25, 0.3) is 0 Å². The van der Waals surface area contributed by atoms with E-state index in [1.54, 1.807) is 37.3 Å². The number of nitrogens with one attached hydrogen (secondary N) is 1. The van der Waals surface area contributed by atoms with E-state index in [0.717, 1.165) is 4.31 Å². The lowest BCUT2D eigenvalue weighted by molar-refractivity contribution is -0.140. The fourth-order valence-electron chi connectivity index (χ4n) is 3.81. The molecule has 3 aromatic carbocycles. The van der Waals surface area contributed by atoms with E-state index >= 15 is 0 Å². The van der Waals surface area contributed by atoms with Gasteiger partial charge < -0.3 is 10.2 Å². The number of rotatable bonds is 10. The number of sulfonamides is 1. The molecule has 0 fully saturated rings. The Morgan fingerprint density at radius 1 is 0.895 bits per heavy atom. The second-order valence-electron chi connectivity index (χ2n) is 8.25. The standard InChI is InChI=1S/C26H25Cl4N3O4S/c1-3-24(26(35)31-2)32(15-17-7-12-22(29)23(30)13-17)25(34)16-33(20-6-4-5-19(28)14-20)38(36,37)21-10-8-18(27)9-11-21/h4-14,24H,3,15-16H2,1-2H3,(H,31,35)/t24-/m1/s1. The number of benzene rings is 3. The number of carbonyl (C=O) groups excluding carboxylic acids is 2. The number of anilines is 1. The third-order valence-electron chi connectivity index (χ3n) is 5.75. The smallest absolute Gasteiger partial charge is 0.264 e. The highest BCUT2D eigenvalue weighted by molar-refractivity contribution is 7.92. The fraction of sp³-hybridized carbons (Fsp3) is 0.231. The van der Waals surface area contributed by atoms with E-state index < -0.39 is 34.4 Å². The Balaban J connectivity index is 2.07. The summed E-state index contributed by atoms with van der Waals surface area (Å²) in [5.41, 5.74) is 0.799. The molecule has 202 valence electrons. The first-order valence-electron chi connectivity index (χ1n) is 11.5. The van der Waals surface area contributed by atoms with Crippen molar-refractivity contribution in [2.75, 3.05) is 17.9 Å². The maximum Gasteiger partial charge on any atom is 0.264 e. The van der Waals surface area contributed by atoms with Gasteiger partial charge >= 0.3 is 0 Å². The summed E-state index contributed by atoms with van der Waals surface area (Å²) < 4.78 is 28.4. The first-order chi connectivity index (χ1) is 18.0. The summed E-state index contributed by atoms with van der Waals surface area (Å²) in [4.78, 5) is 27.8. The lowest BCUT2D eigenvalue weighted by atomic mass is 10.1. The summed E-state index contributed by atoms with van der Waals surface area (Å²) in [5, 5.41) is 3.85. The Morgan fingerprint density at radius 2 is 1.58 bits per heavy atom. The Bertz CT molecular complexity index is 1420. The topological polar surface area (TPSA) is 86.8 Å². The van der Waals surface area contributed by atoms with Crippen LogP contribution in [0, 0.1) is 0 Å². The van der Waals surface area contributed by atoms with E-state index in [-0.39, 0.29) is 33.6 Å². The summed E-state index contributed by atoms with van der Waals surface area (Å²) in [6, 6.07) is 15.8. The average Bonchev–Trinajstić information content (AvgIpc) is 2.89. The number of likely N-dealkylation sites (N-methyl/N-ethyl adjacent to an activating group) is 1. The van der Waals surface area contributed by atoms with E-state index in [1.807, 2.05) is 0 Å². The van der Waals surface area contributed by atoms with Crippen molar-refractivity contribution in [1.29, 1.82) is 0 Å². The lowest BCUT2D eigenvalue weighted by Gasteiger charge is -2.33. The van der Waals surface area contributed by atoms with Crippen LogP contribution in [0.1, 0.15) is 18.9 Å². The molecule has 0 spiro atoms. The molecule has 0 aliphatic carbocycles. The quantitative estimate of drug-likeness (QED) is 0.300. The van der Waals surface area contributed by atoms with E-state index in [4.69, 9.17) is 46.4 Å². The van der Waals surface area contributed by atoms with Crippen molar-refractivity contribution in [3.63, 3.8) is 0 Å². The zero-order valence-electron chi connectivity index (χ0n) is 20.5. The molecule has 2 amide bonds. The third-order valence-corrected chi connectivity index (χ3v) is 8.76. The number of carbonyl (C=O) groups is 2. The zero-order valence-corrected chi connectivity index (χ0v) is 24.3. The molecule has 0 bridgehead atoms. The highest BCUT2D eigenvalue weighted by atomic mass is 35.5. The molecule has 0 unspecified atom stereocenters. The van der Waals surface area contributed by atoms with Crippen LogP contribution in [-0.2, 0) is 26.2 Å². The van der Waals surface area contributed by atoms with Gasteiger partial charge in [-0.05, 0) is 66.6 Å². The SMILES string of the molecule is CC[C@H](C(=O)NC)N(Cc1ccc(Cl)c(Cl)c1)C(=O)CN(c1cccc(Cl)c1)S(=O)(=O)c1ccc(Cl)cc1. The first-order valence-corrected chi connectivity index (χ1v) is 14.4. The van der Waals surface area contributed by atoms with Crippen LogP contribution in [0.4, 0.5) is 5.69 Å². The maximum atomic E-state index is 13.8. The van der Waals surface area contributed by atoms with Crippen molar-refractivity contribution in [2.24, 2.45) is 0 Å². The minimum absolute atomic E-state index is 0.00791. The molecular formula is C26H25Cl4N3O4S. The third kappa shape index (κ3) is 7.12.